The van der Waals surface area contributed by atoms with Gasteiger partial charge in [0.15, 0.2) is 18.9 Å². The second kappa shape index (κ2) is 14.1. The fourth-order valence-electron chi connectivity index (χ4n) is 6.02. The highest BCUT2D eigenvalue weighted by Gasteiger charge is 2.54. The summed E-state index contributed by atoms with van der Waals surface area (Å²) >= 11 is 0. The molecule has 17 heteroatoms. The number of nitrogens with one attached hydrogen (secondary N) is 2. The Morgan fingerprint density at radius 3 is 2.24 bits per heavy atom. The SMILES string of the molecule is CNC1C(O[C@H]2OC(CO)[C@@H](NC(=O)CCN)[C@H](O)C2O)O[C@H]2C[C@H](N)[C@@H](O[C@@H]3C(N)C[C@@H](N)C[C@H]3O)OC2C1O. The van der Waals surface area contributed by atoms with Crippen LogP contribution in [0.5, 0.6) is 0 Å². The predicted octanol–water partition coefficient (Wildman–Crippen LogP) is -6.41. The van der Waals surface area contributed by atoms with Crippen molar-refractivity contribution in [2.24, 2.45) is 22.9 Å². The van der Waals surface area contributed by atoms with Crippen LogP contribution in [-0.2, 0) is 28.5 Å². The van der Waals surface area contributed by atoms with E-state index in [9.17, 15) is 30.3 Å². The van der Waals surface area contributed by atoms with E-state index in [0.717, 1.165) is 0 Å². The zero-order valence-corrected chi connectivity index (χ0v) is 23.0. The zero-order valence-electron chi connectivity index (χ0n) is 23.0. The first kappa shape index (κ1) is 32.8. The van der Waals surface area contributed by atoms with Crippen LogP contribution in [-0.4, -0.2) is 150 Å². The third-order valence-corrected chi connectivity index (χ3v) is 8.22. The molecular formula is C24H46N6O11. The van der Waals surface area contributed by atoms with Gasteiger partial charge in [-0.25, -0.2) is 0 Å². The molecule has 7 unspecified atom stereocenters. The fourth-order valence-corrected chi connectivity index (χ4v) is 6.02. The average Bonchev–Trinajstić information content (AvgIpc) is 2.91. The Bertz CT molecular complexity index is 849. The molecule has 1 saturated carbocycles. The molecule has 3 heterocycles. The Kier molecular flexibility index (Phi) is 11.3. The average molecular weight is 595 g/mol. The summed E-state index contributed by atoms with van der Waals surface area (Å²) < 4.78 is 29.7. The van der Waals surface area contributed by atoms with E-state index in [1.807, 2.05) is 0 Å². The first-order valence-corrected chi connectivity index (χ1v) is 14.0. The van der Waals surface area contributed by atoms with Crippen LogP contribution in [0.4, 0.5) is 0 Å². The van der Waals surface area contributed by atoms with Crippen molar-refractivity contribution in [1.29, 1.82) is 0 Å². The van der Waals surface area contributed by atoms with Crippen LogP contribution in [0.2, 0.25) is 0 Å². The van der Waals surface area contributed by atoms with Crippen LogP contribution in [0.25, 0.3) is 0 Å². The van der Waals surface area contributed by atoms with Gasteiger partial charge in [-0.3, -0.25) is 4.79 Å². The minimum absolute atomic E-state index is 0.0179. The van der Waals surface area contributed by atoms with Crippen LogP contribution >= 0.6 is 0 Å². The lowest BCUT2D eigenvalue weighted by molar-refractivity contribution is -0.373. The molecule has 4 fully saturated rings. The van der Waals surface area contributed by atoms with Gasteiger partial charge in [0.2, 0.25) is 5.91 Å². The molecule has 41 heavy (non-hydrogen) atoms. The van der Waals surface area contributed by atoms with Crippen molar-refractivity contribution in [2.45, 2.75) is 124 Å². The van der Waals surface area contributed by atoms with Gasteiger partial charge < -0.3 is 82.8 Å². The van der Waals surface area contributed by atoms with E-state index in [4.69, 9.17) is 46.6 Å². The number of likely N-dealkylation sites (N-methyl/N-ethyl adjacent to an activating group) is 1. The smallest absolute Gasteiger partial charge is 0.221 e. The molecule has 0 radical (unpaired) electrons. The maximum Gasteiger partial charge on any atom is 0.221 e. The standard InChI is InChI=1S/C24H46N6O11/c1-29-16-18(35)21-12(6-10(28)22(40-21)39-20-9(27)4-8(26)5-11(20)32)37-23(16)41-24-19(36)17(34)15(13(7-31)38-24)30-14(33)2-3-25/h8-13,15-24,29,31-32,34-36H,2-7,25-28H2,1H3,(H,30,33)/t8-,9?,10+,11-,12+,13?,15-,16?,17+,18?,19?,20-,21?,22+,23?,24-/m1/s1. The summed E-state index contributed by atoms with van der Waals surface area (Å²) in [6.45, 7) is -0.519. The number of amides is 1. The molecule has 0 aromatic heterocycles. The number of carbonyl (C=O) groups excluding carboxylic acids is 1. The van der Waals surface area contributed by atoms with Gasteiger partial charge in [-0.1, -0.05) is 0 Å². The van der Waals surface area contributed by atoms with Gasteiger partial charge in [0.05, 0.1) is 36.9 Å². The van der Waals surface area contributed by atoms with E-state index in [1.54, 1.807) is 7.05 Å². The minimum atomic E-state index is -1.64. The number of aliphatic hydroxyl groups excluding tert-OH is 5. The van der Waals surface area contributed by atoms with Crippen molar-refractivity contribution >= 4 is 5.91 Å². The summed E-state index contributed by atoms with van der Waals surface area (Å²) in [6, 6.07) is -3.49. The summed E-state index contributed by atoms with van der Waals surface area (Å²) in [7, 11) is 1.56. The first-order valence-electron chi connectivity index (χ1n) is 14.0. The van der Waals surface area contributed by atoms with Crippen LogP contribution in [0.3, 0.4) is 0 Å². The van der Waals surface area contributed by atoms with Crippen molar-refractivity contribution in [3.05, 3.63) is 0 Å². The van der Waals surface area contributed by atoms with E-state index in [1.165, 1.54) is 0 Å². The predicted molar refractivity (Wildman–Crippen MR) is 139 cm³/mol. The zero-order chi connectivity index (χ0) is 30.0. The van der Waals surface area contributed by atoms with E-state index < -0.39 is 104 Å². The maximum absolute atomic E-state index is 12.0. The normalized spacial score (nSPS) is 48.8. The highest BCUT2D eigenvalue weighted by molar-refractivity contribution is 5.76. The first-order chi connectivity index (χ1) is 19.5. The van der Waals surface area contributed by atoms with Gasteiger partial charge >= 0.3 is 0 Å². The summed E-state index contributed by atoms with van der Waals surface area (Å²) in [5.74, 6) is -0.482. The number of aliphatic hydroxyl groups is 5. The number of carbonyl (C=O) groups is 1. The number of ether oxygens (including phenoxy) is 5. The Labute approximate surface area is 237 Å². The van der Waals surface area contributed by atoms with Crippen LogP contribution < -0.4 is 33.6 Å². The molecule has 238 valence electrons. The molecular weight excluding hydrogens is 548 g/mol. The summed E-state index contributed by atoms with van der Waals surface area (Å²) in [5, 5.41) is 58.4. The summed E-state index contributed by atoms with van der Waals surface area (Å²) in [5.41, 5.74) is 23.8. The third-order valence-electron chi connectivity index (χ3n) is 8.22. The highest BCUT2D eigenvalue weighted by atomic mass is 16.8. The number of nitrogens with two attached hydrogens (primary N) is 4. The third kappa shape index (κ3) is 7.17. The molecule has 3 aliphatic heterocycles. The molecule has 0 aromatic rings. The Morgan fingerprint density at radius 1 is 0.878 bits per heavy atom. The van der Waals surface area contributed by atoms with Crippen molar-refractivity contribution in [3.8, 4) is 0 Å². The quantitative estimate of drug-likeness (QED) is 0.118. The summed E-state index contributed by atoms with van der Waals surface area (Å²) in [6.07, 6.45) is -11.5. The van der Waals surface area contributed by atoms with Crippen LogP contribution in [0.1, 0.15) is 25.7 Å². The van der Waals surface area contributed by atoms with E-state index in [-0.39, 0.29) is 25.4 Å². The molecule has 16 atom stereocenters. The topological polar surface area (TPSA) is 293 Å². The highest BCUT2D eigenvalue weighted by Crippen LogP contribution is 2.35. The van der Waals surface area contributed by atoms with Crippen molar-refractivity contribution in [1.82, 2.24) is 10.6 Å². The maximum atomic E-state index is 12.0. The molecule has 1 aliphatic carbocycles. The van der Waals surface area contributed by atoms with E-state index in [2.05, 4.69) is 10.6 Å². The molecule has 0 spiro atoms. The second-order valence-electron chi connectivity index (χ2n) is 11.3. The van der Waals surface area contributed by atoms with Crippen molar-refractivity contribution < 1.29 is 54.0 Å². The Morgan fingerprint density at radius 2 is 1.61 bits per heavy atom. The lowest BCUT2D eigenvalue weighted by Crippen LogP contribution is -2.70. The van der Waals surface area contributed by atoms with Gasteiger partial charge in [0.1, 0.15) is 36.6 Å². The molecule has 17 nitrogen and oxygen atoms in total. The lowest BCUT2D eigenvalue weighted by atomic mass is 9.86. The number of hydrogen-bond acceptors (Lipinski definition) is 16. The van der Waals surface area contributed by atoms with Gasteiger partial charge in [-0.2, -0.15) is 0 Å². The molecule has 4 aliphatic rings. The van der Waals surface area contributed by atoms with Crippen molar-refractivity contribution in [3.63, 3.8) is 0 Å². The monoisotopic (exact) mass is 594 g/mol. The molecule has 0 bridgehead atoms. The molecule has 4 rings (SSSR count). The molecule has 3 saturated heterocycles. The number of fused-ring (bicyclic) bond motifs is 1. The summed E-state index contributed by atoms with van der Waals surface area (Å²) in [4.78, 5) is 12.0. The second-order valence-corrected chi connectivity index (χ2v) is 11.3. The molecule has 15 N–H and O–H groups in total. The van der Waals surface area contributed by atoms with Crippen LogP contribution in [0, 0.1) is 0 Å². The Balaban J connectivity index is 1.41. The van der Waals surface area contributed by atoms with Crippen LogP contribution in [0.15, 0.2) is 0 Å². The number of hydrogen-bond donors (Lipinski definition) is 11. The van der Waals surface area contributed by atoms with Gasteiger partial charge in [0, 0.05) is 25.0 Å². The molecule has 0 aromatic carbocycles. The van der Waals surface area contributed by atoms with Gasteiger partial charge in [0.25, 0.3) is 0 Å². The number of rotatable bonds is 9. The van der Waals surface area contributed by atoms with Crippen molar-refractivity contribution in [2.75, 3.05) is 20.2 Å². The minimum Gasteiger partial charge on any atom is -0.394 e. The van der Waals surface area contributed by atoms with Gasteiger partial charge in [-0.15, -0.1) is 0 Å². The molecule has 1 amide bonds. The Hall–Kier alpha value is -1.13. The van der Waals surface area contributed by atoms with E-state index >= 15 is 0 Å². The largest absolute Gasteiger partial charge is 0.394 e. The lowest BCUT2D eigenvalue weighted by Gasteiger charge is -2.51. The van der Waals surface area contributed by atoms with Gasteiger partial charge in [-0.05, 0) is 26.3 Å². The van der Waals surface area contributed by atoms with E-state index in [0.29, 0.717) is 12.8 Å². The fraction of sp³-hybridized carbons (Fsp3) is 0.958.